The van der Waals surface area contributed by atoms with Crippen molar-refractivity contribution in [3.63, 3.8) is 0 Å². The first-order valence-electron chi connectivity index (χ1n) is 5.21. The number of nitrogens with two attached hydrogens (primary N) is 1. The van der Waals surface area contributed by atoms with Gasteiger partial charge in [-0.1, -0.05) is 0 Å². The molecule has 1 aliphatic heterocycles. The second kappa shape index (κ2) is 4.67. The van der Waals surface area contributed by atoms with Crippen LogP contribution in [0.1, 0.15) is 16.8 Å². The molecule has 6 heteroatoms. The first-order valence-corrected chi connectivity index (χ1v) is 5.21. The molecule has 0 aromatic heterocycles. The summed E-state index contributed by atoms with van der Waals surface area (Å²) >= 11 is 0. The van der Waals surface area contributed by atoms with Crippen molar-refractivity contribution in [2.45, 2.75) is 12.5 Å². The van der Waals surface area contributed by atoms with E-state index in [9.17, 15) is 13.6 Å². The van der Waals surface area contributed by atoms with Gasteiger partial charge in [-0.3, -0.25) is 4.79 Å². The summed E-state index contributed by atoms with van der Waals surface area (Å²) in [5, 5.41) is 2.86. The third kappa shape index (κ3) is 2.52. The van der Waals surface area contributed by atoms with Crippen LogP contribution in [0.3, 0.4) is 0 Å². The van der Waals surface area contributed by atoms with Gasteiger partial charge >= 0.3 is 0 Å². The van der Waals surface area contributed by atoms with Crippen LogP contribution < -0.4 is 11.1 Å². The number of nitrogens with one attached hydrogen (secondary N) is 1. The summed E-state index contributed by atoms with van der Waals surface area (Å²) in [6.45, 7) is 1.06. The minimum atomic E-state index is -0.955. The Balaban J connectivity index is 2.26. The fourth-order valence-corrected chi connectivity index (χ4v) is 1.72. The summed E-state index contributed by atoms with van der Waals surface area (Å²) < 4.78 is 31.8. The minimum absolute atomic E-state index is 0.0318. The maximum atomic E-state index is 13.5. The van der Waals surface area contributed by atoms with Crippen LogP contribution in [-0.2, 0) is 4.74 Å². The number of hydrogen-bond donors (Lipinski definition) is 2. The summed E-state index contributed by atoms with van der Waals surface area (Å²) in [6.07, 6.45) is 0.739. The van der Waals surface area contributed by atoms with E-state index >= 15 is 0 Å². The molecule has 1 atom stereocenters. The quantitative estimate of drug-likeness (QED) is 0.838. The Morgan fingerprint density at radius 2 is 2.18 bits per heavy atom. The Labute approximate surface area is 96.7 Å². The normalized spacial score (nSPS) is 19.3. The molecule has 1 unspecified atom stereocenters. The van der Waals surface area contributed by atoms with Crippen molar-refractivity contribution < 1.29 is 18.3 Å². The van der Waals surface area contributed by atoms with Gasteiger partial charge in [0.1, 0.15) is 11.6 Å². The van der Waals surface area contributed by atoms with Gasteiger partial charge in [0, 0.05) is 12.7 Å². The molecule has 4 nitrogen and oxygen atoms in total. The van der Waals surface area contributed by atoms with Gasteiger partial charge in [-0.15, -0.1) is 0 Å². The van der Waals surface area contributed by atoms with E-state index in [-0.39, 0.29) is 17.3 Å². The van der Waals surface area contributed by atoms with Crippen LogP contribution in [0.5, 0.6) is 0 Å². The standard InChI is InChI=1S/C11H12F2N2O2/c12-8-4-9(13)10(3-7(8)11(14)16)15-6-1-2-17-5-6/h3-4,6,15H,1-2,5H2,(H2,14,16). The molecule has 92 valence electrons. The largest absolute Gasteiger partial charge is 0.379 e. The fourth-order valence-electron chi connectivity index (χ4n) is 1.72. The first-order chi connectivity index (χ1) is 8.08. The molecule has 1 fully saturated rings. The average Bonchev–Trinajstić information content (AvgIpc) is 2.74. The van der Waals surface area contributed by atoms with Crippen molar-refractivity contribution in [3.05, 3.63) is 29.3 Å². The van der Waals surface area contributed by atoms with Crippen LogP contribution in [-0.4, -0.2) is 25.2 Å². The number of carbonyl (C=O) groups is 1. The summed E-state index contributed by atoms with van der Waals surface area (Å²) in [5.74, 6) is -2.63. The fraction of sp³-hybridized carbons (Fsp3) is 0.364. The summed E-state index contributed by atoms with van der Waals surface area (Å²) in [7, 11) is 0. The lowest BCUT2D eigenvalue weighted by molar-refractivity contribution is 0.0996. The minimum Gasteiger partial charge on any atom is -0.379 e. The molecule has 1 aliphatic rings. The number of amides is 1. The van der Waals surface area contributed by atoms with Gasteiger partial charge in [0.05, 0.1) is 23.9 Å². The molecule has 3 N–H and O–H groups in total. The van der Waals surface area contributed by atoms with E-state index in [0.717, 1.165) is 12.5 Å². The zero-order valence-corrected chi connectivity index (χ0v) is 9.00. The van der Waals surface area contributed by atoms with Crippen molar-refractivity contribution in [1.82, 2.24) is 0 Å². The van der Waals surface area contributed by atoms with Gasteiger partial charge in [0.25, 0.3) is 5.91 Å². The smallest absolute Gasteiger partial charge is 0.251 e. The zero-order chi connectivity index (χ0) is 12.4. The van der Waals surface area contributed by atoms with Crippen molar-refractivity contribution in [2.75, 3.05) is 18.5 Å². The van der Waals surface area contributed by atoms with Gasteiger partial charge < -0.3 is 15.8 Å². The van der Waals surface area contributed by atoms with Crippen molar-refractivity contribution in [1.29, 1.82) is 0 Å². The highest BCUT2D eigenvalue weighted by atomic mass is 19.1. The molecule has 1 saturated heterocycles. The SMILES string of the molecule is NC(=O)c1cc(NC2CCOC2)c(F)cc1F. The van der Waals surface area contributed by atoms with Crippen LogP contribution in [0.4, 0.5) is 14.5 Å². The summed E-state index contributed by atoms with van der Waals surface area (Å²) in [4.78, 5) is 10.9. The second-order valence-electron chi connectivity index (χ2n) is 3.88. The molecule has 0 aliphatic carbocycles. The summed E-state index contributed by atoms with van der Waals surface area (Å²) in [5.41, 5.74) is 4.73. The van der Waals surface area contributed by atoms with E-state index in [1.54, 1.807) is 0 Å². The van der Waals surface area contributed by atoms with E-state index in [1.165, 1.54) is 0 Å². The van der Waals surface area contributed by atoms with Crippen molar-refractivity contribution in [2.24, 2.45) is 5.73 Å². The number of halogens is 2. The van der Waals surface area contributed by atoms with Crippen LogP contribution in [0, 0.1) is 11.6 Å². The molecular weight excluding hydrogens is 230 g/mol. The van der Waals surface area contributed by atoms with Crippen LogP contribution >= 0.6 is 0 Å². The molecule has 0 saturated carbocycles. The maximum absolute atomic E-state index is 13.5. The predicted octanol–water partition coefficient (Wildman–Crippen LogP) is 1.26. The number of rotatable bonds is 3. The Bertz CT molecular complexity index is 445. The number of anilines is 1. The summed E-state index contributed by atoms with van der Waals surface area (Å²) in [6, 6.07) is 1.71. The zero-order valence-electron chi connectivity index (χ0n) is 9.00. The molecule has 1 heterocycles. The highest BCUT2D eigenvalue weighted by Crippen LogP contribution is 2.21. The average molecular weight is 242 g/mol. The number of ether oxygens (including phenoxy) is 1. The third-order valence-corrected chi connectivity index (χ3v) is 2.61. The van der Waals surface area contributed by atoms with Crippen molar-refractivity contribution >= 4 is 11.6 Å². The molecule has 0 radical (unpaired) electrons. The van der Waals surface area contributed by atoms with Gasteiger partial charge in [-0.2, -0.15) is 0 Å². The van der Waals surface area contributed by atoms with Crippen molar-refractivity contribution in [3.8, 4) is 0 Å². The van der Waals surface area contributed by atoms with E-state index in [0.29, 0.717) is 19.3 Å². The molecule has 1 aromatic rings. The van der Waals surface area contributed by atoms with E-state index in [4.69, 9.17) is 10.5 Å². The highest BCUT2D eigenvalue weighted by molar-refractivity contribution is 5.94. The lowest BCUT2D eigenvalue weighted by atomic mass is 10.1. The molecule has 1 aromatic carbocycles. The monoisotopic (exact) mass is 242 g/mol. The Kier molecular flexibility index (Phi) is 3.23. The first kappa shape index (κ1) is 11.8. The molecular formula is C11H12F2N2O2. The third-order valence-electron chi connectivity index (χ3n) is 2.61. The lowest BCUT2D eigenvalue weighted by Crippen LogP contribution is -2.21. The van der Waals surface area contributed by atoms with Gasteiger partial charge in [0.2, 0.25) is 0 Å². The van der Waals surface area contributed by atoms with Crippen LogP contribution in [0.15, 0.2) is 12.1 Å². The van der Waals surface area contributed by atoms with Gasteiger partial charge in [-0.25, -0.2) is 8.78 Å². The van der Waals surface area contributed by atoms with E-state index < -0.39 is 17.5 Å². The molecule has 1 amide bonds. The number of primary amides is 1. The molecule has 17 heavy (non-hydrogen) atoms. The Morgan fingerprint density at radius 1 is 1.41 bits per heavy atom. The highest BCUT2D eigenvalue weighted by Gasteiger charge is 2.19. The van der Waals surface area contributed by atoms with Gasteiger partial charge in [-0.05, 0) is 12.5 Å². The Morgan fingerprint density at radius 3 is 2.76 bits per heavy atom. The van der Waals surface area contributed by atoms with Crippen LogP contribution in [0.25, 0.3) is 0 Å². The molecule has 2 rings (SSSR count). The van der Waals surface area contributed by atoms with Gasteiger partial charge in [0.15, 0.2) is 0 Å². The second-order valence-corrected chi connectivity index (χ2v) is 3.88. The maximum Gasteiger partial charge on any atom is 0.251 e. The topological polar surface area (TPSA) is 64.4 Å². The number of benzene rings is 1. The van der Waals surface area contributed by atoms with E-state index in [1.807, 2.05) is 0 Å². The van der Waals surface area contributed by atoms with E-state index in [2.05, 4.69) is 5.32 Å². The molecule has 0 bridgehead atoms. The number of hydrogen-bond acceptors (Lipinski definition) is 3. The number of carbonyl (C=O) groups excluding carboxylic acids is 1. The van der Waals surface area contributed by atoms with Crippen LogP contribution in [0.2, 0.25) is 0 Å². The predicted molar refractivity (Wildman–Crippen MR) is 57.7 cm³/mol. The molecule has 0 spiro atoms. The lowest BCUT2D eigenvalue weighted by Gasteiger charge is -2.14. The Hall–Kier alpha value is -1.69.